The molecule has 4 N–H and O–H groups in total. The number of hydrogen-bond acceptors (Lipinski definition) is 8. The molecular formula is C38H46N8O6. The van der Waals surface area contributed by atoms with E-state index in [1.54, 1.807) is 22.2 Å². The average Bonchev–Trinajstić information content (AvgIpc) is 3.97. The minimum Gasteiger partial charge on any atom is -0.453 e. The zero-order chi connectivity index (χ0) is 37.4. The summed E-state index contributed by atoms with van der Waals surface area (Å²) in [5, 5.41) is 5.33. The molecule has 2 saturated heterocycles. The van der Waals surface area contributed by atoms with Crippen LogP contribution in [0.1, 0.15) is 88.4 Å². The number of carbonyl (C=O) groups excluding carboxylic acids is 4. The largest absolute Gasteiger partial charge is 0.453 e. The first-order valence-corrected chi connectivity index (χ1v) is 17.5. The third-order valence-corrected chi connectivity index (χ3v) is 9.34. The zero-order valence-corrected chi connectivity index (χ0v) is 30.4. The molecule has 4 amide bonds. The van der Waals surface area contributed by atoms with Gasteiger partial charge in [-0.3, -0.25) is 9.59 Å². The molecule has 2 aliphatic rings. The summed E-state index contributed by atoms with van der Waals surface area (Å²) in [6, 6.07) is 5.84. The molecule has 4 atom stereocenters. The Balaban J connectivity index is 1.20. The van der Waals surface area contributed by atoms with Gasteiger partial charge in [0.15, 0.2) is 0 Å². The van der Waals surface area contributed by atoms with Crippen LogP contribution in [0.2, 0.25) is 0 Å². The number of aromatic nitrogens is 4. The van der Waals surface area contributed by atoms with Crippen LogP contribution in [0, 0.1) is 35.5 Å². The maximum Gasteiger partial charge on any atom is 0.407 e. The van der Waals surface area contributed by atoms with Crippen LogP contribution in [-0.2, 0) is 19.1 Å². The van der Waals surface area contributed by atoms with Crippen LogP contribution in [0.3, 0.4) is 0 Å². The molecule has 5 rings (SSSR count). The van der Waals surface area contributed by atoms with Gasteiger partial charge < -0.3 is 39.9 Å². The Bertz CT molecular complexity index is 1880. The molecule has 0 spiro atoms. The first kappa shape index (κ1) is 37.5. The number of amides is 4. The highest BCUT2D eigenvalue weighted by molar-refractivity contribution is 5.87. The lowest BCUT2D eigenvalue weighted by Crippen LogP contribution is -2.51. The van der Waals surface area contributed by atoms with Crippen LogP contribution >= 0.6 is 0 Å². The molecule has 0 saturated carbocycles. The topological polar surface area (TPSA) is 175 Å². The summed E-state index contributed by atoms with van der Waals surface area (Å²) in [5.41, 5.74) is 3.11. The number of alkyl carbamates (subject to hydrolysis) is 2. The standard InChI is InChI=1S/C38H46N8O6/c1-23(2)31(43-37(49)51-5)35(47)45-19-9-13-29(45)33-39-21-27(41-33)12-8-7-11-25-15-17-26(18-16-25)28-22-40-34(42-28)30-14-10-20-46(30)36(48)32(24(3)4)44-38(50)52-6/h15-18,21-24,29-32H,9-10,13-14,19-20H2,1-6H3,(H,39,41)(H,40,42)(H,43,49)(H,44,50)/t29-,30-,31+,32-/m1/s1. The number of carbonyl (C=O) groups is 4. The fourth-order valence-electron chi connectivity index (χ4n) is 6.54. The summed E-state index contributed by atoms with van der Waals surface area (Å²) >= 11 is 0. The minimum atomic E-state index is -0.703. The fourth-order valence-corrected chi connectivity index (χ4v) is 6.54. The maximum atomic E-state index is 13.4. The molecule has 0 unspecified atom stereocenters. The first-order valence-electron chi connectivity index (χ1n) is 17.5. The molecule has 14 nitrogen and oxygen atoms in total. The third-order valence-electron chi connectivity index (χ3n) is 9.34. The van der Waals surface area contributed by atoms with Crippen molar-refractivity contribution in [3.05, 3.63) is 59.6 Å². The van der Waals surface area contributed by atoms with E-state index in [2.05, 4.69) is 54.3 Å². The second kappa shape index (κ2) is 17.0. The van der Waals surface area contributed by atoms with E-state index in [1.807, 2.05) is 52.0 Å². The van der Waals surface area contributed by atoms with Crippen molar-refractivity contribution in [2.24, 2.45) is 11.8 Å². The summed E-state index contributed by atoms with van der Waals surface area (Å²) in [6.45, 7) is 8.68. The lowest BCUT2D eigenvalue weighted by Gasteiger charge is -2.30. The van der Waals surface area contributed by atoms with Crippen molar-refractivity contribution in [1.29, 1.82) is 0 Å². The van der Waals surface area contributed by atoms with Gasteiger partial charge in [0, 0.05) is 18.7 Å². The van der Waals surface area contributed by atoms with Gasteiger partial charge in [0.1, 0.15) is 29.4 Å². The number of H-pyrrole nitrogens is 2. The van der Waals surface area contributed by atoms with Crippen molar-refractivity contribution in [1.82, 2.24) is 40.4 Å². The van der Waals surface area contributed by atoms with Crippen LogP contribution < -0.4 is 10.6 Å². The Morgan fingerprint density at radius 3 is 1.77 bits per heavy atom. The predicted molar refractivity (Wildman–Crippen MR) is 192 cm³/mol. The Morgan fingerprint density at radius 2 is 1.25 bits per heavy atom. The molecule has 0 aliphatic carbocycles. The Morgan fingerprint density at radius 1 is 0.750 bits per heavy atom. The molecule has 274 valence electrons. The Labute approximate surface area is 303 Å². The van der Waals surface area contributed by atoms with Crippen molar-refractivity contribution < 1.29 is 28.7 Å². The minimum absolute atomic E-state index is 0.111. The predicted octanol–water partition coefficient (Wildman–Crippen LogP) is 4.29. The third kappa shape index (κ3) is 8.75. The first-order chi connectivity index (χ1) is 25.0. The number of nitrogens with zero attached hydrogens (tertiary/aromatic N) is 4. The van der Waals surface area contributed by atoms with Crippen LogP contribution in [0.4, 0.5) is 9.59 Å². The van der Waals surface area contributed by atoms with Crippen molar-refractivity contribution in [3.63, 3.8) is 0 Å². The molecule has 2 aromatic heterocycles. The number of nitrogens with one attached hydrogen (secondary N) is 4. The van der Waals surface area contributed by atoms with Gasteiger partial charge in [-0.2, -0.15) is 0 Å². The molecule has 0 bridgehead atoms. The Hall–Kier alpha value is -5.76. The molecule has 0 radical (unpaired) electrons. The van der Waals surface area contributed by atoms with Crippen molar-refractivity contribution in [2.75, 3.05) is 27.3 Å². The van der Waals surface area contributed by atoms with Gasteiger partial charge >= 0.3 is 12.2 Å². The molecule has 2 fully saturated rings. The molecule has 4 heterocycles. The number of rotatable bonds is 9. The van der Waals surface area contributed by atoms with Crippen LogP contribution in [0.15, 0.2) is 36.7 Å². The average molecular weight is 711 g/mol. The summed E-state index contributed by atoms with van der Waals surface area (Å²) in [5.74, 6) is 12.6. The number of imidazole rings is 2. The van der Waals surface area contributed by atoms with Gasteiger partial charge in [0.25, 0.3) is 0 Å². The van der Waals surface area contributed by atoms with E-state index in [4.69, 9.17) is 9.47 Å². The molecule has 2 aliphatic heterocycles. The van der Waals surface area contributed by atoms with E-state index in [-0.39, 0.29) is 35.7 Å². The summed E-state index contributed by atoms with van der Waals surface area (Å²) in [4.78, 5) is 69.8. The van der Waals surface area contributed by atoms with Crippen molar-refractivity contribution in [2.45, 2.75) is 77.5 Å². The Kier molecular flexibility index (Phi) is 12.2. The molecular weight excluding hydrogens is 664 g/mol. The fraction of sp³-hybridized carbons (Fsp3) is 0.474. The van der Waals surface area contributed by atoms with E-state index in [9.17, 15) is 19.2 Å². The van der Waals surface area contributed by atoms with Crippen LogP contribution in [0.5, 0.6) is 0 Å². The molecule has 52 heavy (non-hydrogen) atoms. The summed E-state index contributed by atoms with van der Waals surface area (Å²) < 4.78 is 9.44. The highest BCUT2D eigenvalue weighted by atomic mass is 16.5. The second-order valence-electron chi connectivity index (χ2n) is 13.5. The van der Waals surface area contributed by atoms with Gasteiger partial charge in [-0.1, -0.05) is 45.7 Å². The van der Waals surface area contributed by atoms with E-state index in [0.717, 1.165) is 42.5 Å². The lowest BCUT2D eigenvalue weighted by atomic mass is 10.0. The van der Waals surface area contributed by atoms with Gasteiger partial charge in [-0.15, -0.1) is 0 Å². The SMILES string of the molecule is COC(=O)N[C@H](C(=O)N1CCC[C@@H]1c1ncc(C#CC#Cc2ccc(-c3cnc([C@H]4CCCN4C(=O)[C@H](NC(=O)OC)C(C)C)[nH]3)cc2)[nH]1)C(C)C. The second-order valence-corrected chi connectivity index (χ2v) is 13.5. The number of benzene rings is 1. The summed E-state index contributed by atoms with van der Waals surface area (Å²) in [7, 11) is 2.55. The zero-order valence-electron chi connectivity index (χ0n) is 30.4. The lowest BCUT2D eigenvalue weighted by molar-refractivity contribution is -0.136. The quantitative estimate of drug-likeness (QED) is 0.238. The van der Waals surface area contributed by atoms with Gasteiger partial charge in [-0.05, 0) is 73.0 Å². The molecule has 1 aromatic carbocycles. The molecule has 14 heteroatoms. The van der Waals surface area contributed by atoms with E-state index in [0.29, 0.717) is 30.4 Å². The number of likely N-dealkylation sites (tertiary alicyclic amines) is 2. The van der Waals surface area contributed by atoms with Gasteiger partial charge in [0.2, 0.25) is 11.8 Å². The molecule has 3 aromatic rings. The number of ether oxygens (including phenoxy) is 2. The normalized spacial score (nSPS) is 17.8. The van der Waals surface area contributed by atoms with Crippen LogP contribution in [-0.4, -0.2) is 93.1 Å². The number of methoxy groups -OCH3 is 2. The monoisotopic (exact) mass is 710 g/mol. The smallest absolute Gasteiger partial charge is 0.407 e. The van der Waals surface area contributed by atoms with Crippen molar-refractivity contribution >= 4 is 24.0 Å². The van der Waals surface area contributed by atoms with E-state index < -0.39 is 24.3 Å². The number of aromatic amines is 2. The number of hydrogen-bond donors (Lipinski definition) is 4. The van der Waals surface area contributed by atoms with E-state index in [1.165, 1.54) is 14.2 Å². The maximum absolute atomic E-state index is 13.4. The highest BCUT2D eigenvalue weighted by Gasteiger charge is 2.38. The van der Waals surface area contributed by atoms with Gasteiger partial charge in [0.05, 0.1) is 44.4 Å². The van der Waals surface area contributed by atoms with E-state index >= 15 is 0 Å². The highest BCUT2D eigenvalue weighted by Crippen LogP contribution is 2.33. The van der Waals surface area contributed by atoms with Crippen LogP contribution in [0.25, 0.3) is 11.3 Å². The summed E-state index contributed by atoms with van der Waals surface area (Å²) in [6.07, 6.45) is 5.30. The van der Waals surface area contributed by atoms with Gasteiger partial charge in [-0.25, -0.2) is 19.6 Å². The van der Waals surface area contributed by atoms with Crippen molar-refractivity contribution in [3.8, 4) is 34.9 Å².